The Kier molecular flexibility index (Phi) is 7.17. The molecule has 2 amide bonds. The van der Waals surface area contributed by atoms with E-state index in [0.717, 1.165) is 0 Å². The standard InChI is InChI=1S/C27H26N4O5/c1-27(2,17-32)13-11-18-9-10-23-24(29-18)31(3)26(34)22(16-35-23)30-25(33)21-15-20(12-14-28-21)36-19-7-5-4-6-8-19/h4-10,12,14-15,22,32H,16-17H2,1-3H3,(H,30,33)/t22-/m0/s1. The second-order valence-electron chi connectivity index (χ2n) is 8.84. The van der Waals surface area contributed by atoms with Crippen LogP contribution in [-0.2, 0) is 4.79 Å². The van der Waals surface area contributed by atoms with Crippen molar-refractivity contribution < 1.29 is 24.2 Å². The summed E-state index contributed by atoms with van der Waals surface area (Å²) in [5.41, 5.74) is -0.0530. The zero-order valence-electron chi connectivity index (χ0n) is 20.2. The quantitative estimate of drug-likeness (QED) is 0.533. The summed E-state index contributed by atoms with van der Waals surface area (Å²) in [6.45, 7) is 3.46. The van der Waals surface area contributed by atoms with Crippen LogP contribution in [0, 0.1) is 17.3 Å². The number of fused-ring (bicyclic) bond motifs is 1. The smallest absolute Gasteiger partial charge is 0.270 e. The zero-order valence-corrected chi connectivity index (χ0v) is 20.2. The van der Waals surface area contributed by atoms with Crippen LogP contribution in [0.1, 0.15) is 30.0 Å². The molecular formula is C27H26N4O5. The first-order valence-corrected chi connectivity index (χ1v) is 11.3. The van der Waals surface area contributed by atoms with Crippen LogP contribution < -0.4 is 19.7 Å². The van der Waals surface area contributed by atoms with Crippen molar-refractivity contribution in [2.45, 2.75) is 19.9 Å². The van der Waals surface area contributed by atoms with Crippen LogP contribution in [0.2, 0.25) is 0 Å². The van der Waals surface area contributed by atoms with Gasteiger partial charge in [-0.15, -0.1) is 0 Å². The minimum Gasteiger partial charge on any atom is -0.487 e. The summed E-state index contributed by atoms with van der Waals surface area (Å²) in [5, 5.41) is 12.1. The number of aliphatic hydroxyl groups excluding tert-OH is 1. The number of amides is 2. The number of nitrogens with one attached hydrogen (secondary N) is 1. The predicted octanol–water partition coefficient (Wildman–Crippen LogP) is 2.79. The van der Waals surface area contributed by atoms with Crippen LogP contribution in [0.25, 0.3) is 0 Å². The minimum absolute atomic E-state index is 0.0770. The normalized spacial score (nSPS) is 15.1. The molecule has 0 spiro atoms. The zero-order chi connectivity index (χ0) is 25.7. The van der Waals surface area contributed by atoms with Gasteiger partial charge in [-0.2, -0.15) is 0 Å². The molecule has 1 aliphatic rings. The van der Waals surface area contributed by atoms with E-state index in [4.69, 9.17) is 9.47 Å². The van der Waals surface area contributed by atoms with Gasteiger partial charge in [0.2, 0.25) is 0 Å². The average Bonchev–Trinajstić information content (AvgIpc) is 3.00. The topological polar surface area (TPSA) is 114 Å². The van der Waals surface area contributed by atoms with Crippen LogP contribution in [0.3, 0.4) is 0 Å². The van der Waals surface area contributed by atoms with Crippen molar-refractivity contribution in [2.75, 3.05) is 25.2 Å². The van der Waals surface area contributed by atoms with E-state index in [1.165, 1.54) is 17.2 Å². The molecular weight excluding hydrogens is 460 g/mol. The van der Waals surface area contributed by atoms with Crippen molar-refractivity contribution >= 4 is 17.6 Å². The number of hydrogen-bond acceptors (Lipinski definition) is 7. The summed E-state index contributed by atoms with van der Waals surface area (Å²) >= 11 is 0. The first-order chi connectivity index (χ1) is 17.3. The molecule has 36 heavy (non-hydrogen) atoms. The van der Waals surface area contributed by atoms with Crippen molar-refractivity contribution in [1.82, 2.24) is 15.3 Å². The van der Waals surface area contributed by atoms with Gasteiger partial charge in [-0.25, -0.2) is 4.98 Å². The summed E-state index contributed by atoms with van der Waals surface area (Å²) in [5.74, 6) is 6.70. The second-order valence-corrected chi connectivity index (χ2v) is 8.84. The van der Waals surface area contributed by atoms with Crippen molar-refractivity contribution in [3.05, 3.63) is 72.2 Å². The maximum Gasteiger partial charge on any atom is 0.270 e. The summed E-state index contributed by atoms with van der Waals surface area (Å²) in [7, 11) is 1.56. The fraction of sp³-hybridized carbons (Fsp3) is 0.259. The lowest BCUT2D eigenvalue weighted by Crippen LogP contribution is -2.49. The van der Waals surface area contributed by atoms with Crippen molar-refractivity contribution in [3.8, 4) is 29.1 Å². The highest BCUT2D eigenvalue weighted by molar-refractivity contribution is 6.02. The van der Waals surface area contributed by atoms with Crippen LogP contribution in [0.15, 0.2) is 60.8 Å². The Morgan fingerprint density at radius 1 is 1.22 bits per heavy atom. The van der Waals surface area contributed by atoms with Gasteiger partial charge in [-0.3, -0.25) is 19.5 Å². The lowest BCUT2D eigenvalue weighted by Gasteiger charge is -2.19. The Balaban J connectivity index is 1.48. The van der Waals surface area contributed by atoms with Gasteiger partial charge in [-0.05, 0) is 50.1 Å². The van der Waals surface area contributed by atoms with Gasteiger partial charge >= 0.3 is 0 Å². The van der Waals surface area contributed by atoms with Crippen molar-refractivity contribution in [2.24, 2.45) is 5.41 Å². The lowest BCUT2D eigenvalue weighted by atomic mass is 9.96. The van der Waals surface area contributed by atoms with Crippen molar-refractivity contribution in [1.29, 1.82) is 0 Å². The first kappa shape index (κ1) is 24.7. The summed E-state index contributed by atoms with van der Waals surface area (Å²) in [6, 6.07) is 14.7. The van der Waals surface area contributed by atoms with E-state index in [1.54, 1.807) is 37.4 Å². The van der Waals surface area contributed by atoms with E-state index in [0.29, 0.717) is 28.8 Å². The molecule has 1 aromatic carbocycles. The molecule has 0 radical (unpaired) electrons. The van der Waals surface area contributed by atoms with E-state index in [-0.39, 0.29) is 18.9 Å². The number of nitrogens with zero attached hydrogens (tertiary/aromatic N) is 3. The van der Waals surface area contributed by atoms with Gasteiger partial charge < -0.3 is 19.9 Å². The number of pyridine rings is 2. The van der Waals surface area contributed by atoms with Gasteiger partial charge in [-0.1, -0.05) is 24.1 Å². The maximum absolute atomic E-state index is 13.1. The number of rotatable bonds is 5. The number of benzene rings is 1. The Morgan fingerprint density at radius 3 is 2.75 bits per heavy atom. The Bertz CT molecular complexity index is 1330. The van der Waals surface area contributed by atoms with Gasteiger partial charge in [0.15, 0.2) is 11.6 Å². The number of carbonyl (C=O) groups excluding carboxylic acids is 2. The molecule has 3 aromatic rings. The maximum atomic E-state index is 13.1. The largest absolute Gasteiger partial charge is 0.487 e. The van der Waals surface area contributed by atoms with Crippen LogP contribution >= 0.6 is 0 Å². The minimum atomic E-state index is -0.958. The molecule has 184 valence electrons. The summed E-state index contributed by atoms with van der Waals surface area (Å²) in [4.78, 5) is 35.9. The second kappa shape index (κ2) is 10.5. The highest BCUT2D eigenvalue weighted by Crippen LogP contribution is 2.29. The van der Waals surface area contributed by atoms with E-state index >= 15 is 0 Å². The van der Waals surface area contributed by atoms with Crippen LogP contribution in [0.4, 0.5) is 5.82 Å². The predicted molar refractivity (Wildman–Crippen MR) is 133 cm³/mol. The molecule has 0 aliphatic carbocycles. The molecule has 0 saturated carbocycles. The Hall–Kier alpha value is -4.42. The highest BCUT2D eigenvalue weighted by Gasteiger charge is 2.32. The van der Waals surface area contributed by atoms with E-state index in [1.807, 2.05) is 32.0 Å². The number of ether oxygens (including phenoxy) is 2. The lowest BCUT2D eigenvalue weighted by molar-refractivity contribution is -0.120. The molecule has 9 nitrogen and oxygen atoms in total. The number of hydrogen-bond donors (Lipinski definition) is 2. The van der Waals surface area contributed by atoms with E-state index < -0.39 is 23.3 Å². The molecule has 4 rings (SSSR count). The fourth-order valence-corrected chi connectivity index (χ4v) is 3.27. The van der Waals surface area contributed by atoms with Gasteiger partial charge in [0, 0.05) is 24.7 Å². The number of likely N-dealkylation sites (N-methyl/N-ethyl adjacent to an activating group) is 1. The molecule has 0 bridgehead atoms. The van der Waals surface area contributed by atoms with Gasteiger partial charge in [0.1, 0.15) is 35.5 Å². The molecule has 3 heterocycles. The molecule has 9 heteroatoms. The molecule has 0 saturated heterocycles. The third-order valence-corrected chi connectivity index (χ3v) is 5.36. The number of anilines is 1. The monoisotopic (exact) mass is 486 g/mol. The SMILES string of the molecule is CN1C(=O)[C@@H](NC(=O)c2cc(Oc3ccccc3)ccn2)COc2ccc(C#CC(C)(C)CO)nc21. The Morgan fingerprint density at radius 2 is 2.00 bits per heavy atom. The number of para-hydroxylation sites is 1. The molecule has 1 atom stereocenters. The van der Waals surface area contributed by atoms with Crippen LogP contribution in [0.5, 0.6) is 17.2 Å². The summed E-state index contributed by atoms with van der Waals surface area (Å²) in [6.07, 6.45) is 1.46. The number of aliphatic hydroxyl groups is 1. The van der Waals surface area contributed by atoms with Gasteiger partial charge in [0.25, 0.3) is 11.8 Å². The van der Waals surface area contributed by atoms with Crippen LogP contribution in [-0.4, -0.2) is 53.2 Å². The van der Waals surface area contributed by atoms with Crippen molar-refractivity contribution in [3.63, 3.8) is 0 Å². The fourth-order valence-electron chi connectivity index (χ4n) is 3.27. The van der Waals surface area contributed by atoms with E-state index in [2.05, 4.69) is 27.1 Å². The number of carbonyl (C=O) groups is 2. The third kappa shape index (κ3) is 5.79. The molecule has 0 fully saturated rings. The molecule has 2 N–H and O–H groups in total. The molecule has 0 unspecified atom stereocenters. The first-order valence-electron chi connectivity index (χ1n) is 11.3. The van der Waals surface area contributed by atoms with E-state index in [9.17, 15) is 14.7 Å². The highest BCUT2D eigenvalue weighted by atomic mass is 16.5. The molecule has 2 aromatic heterocycles. The Labute approximate surface area is 209 Å². The third-order valence-electron chi connectivity index (χ3n) is 5.36. The average molecular weight is 487 g/mol. The molecule has 1 aliphatic heterocycles. The summed E-state index contributed by atoms with van der Waals surface area (Å²) < 4.78 is 11.6. The van der Waals surface area contributed by atoms with Gasteiger partial charge in [0.05, 0.1) is 6.61 Å². The number of aromatic nitrogens is 2.